The van der Waals surface area contributed by atoms with Crippen LogP contribution in [0.1, 0.15) is 12.5 Å². The molecule has 4 N–H and O–H groups in total. The first-order valence-corrected chi connectivity index (χ1v) is 7.87. The van der Waals surface area contributed by atoms with Gasteiger partial charge in [0.1, 0.15) is 0 Å². The summed E-state index contributed by atoms with van der Waals surface area (Å²) in [6, 6.07) is 7.09. The van der Waals surface area contributed by atoms with E-state index in [9.17, 15) is 13.2 Å². The first-order valence-electron chi connectivity index (χ1n) is 6.22. The van der Waals surface area contributed by atoms with E-state index < -0.39 is 10.0 Å². The Kier molecular flexibility index (Phi) is 6.20. The van der Waals surface area contributed by atoms with E-state index in [-0.39, 0.29) is 18.2 Å². The Labute approximate surface area is 119 Å². The number of carbonyl (C=O) groups is 1. The lowest BCUT2D eigenvalue weighted by atomic mass is 10.2. The summed E-state index contributed by atoms with van der Waals surface area (Å²) in [6.45, 7) is 2.10. The van der Waals surface area contributed by atoms with Crippen LogP contribution in [0.15, 0.2) is 30.3 Å². The van der Waals surface area contributed by atoms with Crippen LogP contribution < -0.4 is 15.8 Å². The number of nitrogens with one attached hydrogen (secondary N) is 2. The third-order valence-electron chi connectivity index (χ3n) is 2.37. The molecule has 0 aliphatic heterocycles. The Morgan fingerprint density at radius 2 is 2.15 bits per heavy atom. The monoisotopic (exact) mass is 297 g/mol. The normalized spacial score (nSPS) is 11.7. The molecular formula is C13H19N3O3S. The molecule has 20 heavy (non-hydrogen) atoms. The minimum absolute atomic E-state index is 0.0649. The summed E-state index contributed by atoms with van der Waals surface area (Å²) in [5, 5.41) is 2.51. The number of sulfonamides is 1. The minimum Gasteiger partial charge on any atom is -0.399 e. The molecule has 0 heterocycles. The van der Waals surface area contributed by atoms with E-state index in [2.05, 4.69) is 10.0 Å². The third-order valence-corrected chi connectivity index (χ3v) is 3.84. The molecule has 0 saturated heterocycles. The van der Waals surface area contributed by atoms with Crippen LogP contribution in [0, 0.1) is 0 Å². The molecular weight excluding hydrogens is 278 g/mol. The SMILES string of the molecule is CCNS(=O)(=O)CCNC(=O)/C=C/c1cccc(N)c1. The average molecular weight is 297 g/mol. The molecule has 110 valence electrons. The molecule has 1 aromatic rings. The van der Waals surface area contributed by atoms with Crippen molar-refractivity contribution in [2.45, 2.75) is 6.92 Å². The molecule has 0 spiro atoms. The first-order chi connectivity index (χ1) is 9.43. The maximum Gasteiger partial charge on any atom is 0.244 e. The number of anilines is 1. The number of rotatable bonds is 7. The Morgan fingerprint density at radius 1 is 1.40 bits per heavy atom. The quantitative estimate of drug-likeness (QED) is 0.499. The van der Waals surface area contributed by atoms with Crippen LogP contribution in [-0.2, 0) is 14.8 Å². The number of nitrogens with two attached hydrogens (primary N) is 1. The van der Waals surface area contributed by atoms with E-state index in [1.54, 1.807) is 31.2 Å². The molecule has 0 aromatic heterocycles. The van der Waals surface area contributed by atoms with Crippen LogP contribution in [0.5, 0.6) is 0 Å². The van der Waals surface area contributed by atoms with E-state index in [1.165, 1.54) is 6.08 Å². The van der Waals surface area contributed by atoms with Gasteiger partial charge in [0, 0.05) is 24.9 Å². The molecule has 0 unspecified atom stereocenters. The number of amides is 1. The van der Waals surface area contributed by atoms with Gasteiger partial charge in [-0.2, -0.15) is 0 Å². The molecule has 0 aliphatic rings. The highest BCUT2D eigenvalue weighted by atomic mass is 32.2. The molecule has 0 atom stereocenters. The van der Waals surface area contributed by atoms with Crippen molar-refractivity contribution < 1.29 is 13.2 Å². The van der Waals surface area contributed by atoms with Crippen LogP contribution >= 0.6 is 0 Å². The van der Waals surface area contributed by atoms with Crippen molar-refractivity contribution in [3.63, 3.8) is 0 Å². The number of nitrogen functional groups attached to an aromatic ring is 1. The highest BCUT2D eigenvalue weighted by Gasteiger charge is 2.07. The van der Waals surface area contributed by atoms with Gasteiger partial charge in [0.15, 0.2) is 0 Å². The maximum absolute atomic E-state index is 11.5. The Hall–Kier alpha value is -1.86. The Bertz CT molecular complexity index is 582. The van der Waals surface area contributed by atoms with E-state index >= 15 is 0 Å². The van der Waals surface area contributed by atoms with Gasteiger partial charge in [-0.15, -0.1) is 0 Å². The van der Waals surface area contributed by atoms with Gasteiger partial charge in [0.2, 0.25) is 15.9 Å². The van der Waals surface area contributed by atoms with Gasteiger partial charge in [-0.25, -0.2) is 13.1 Å². The molecule has 0 radical (unpaired) electrons. The predicted octanol–water partition coefficient (Wildman–Crippen LogP) is 0.338. The maximum atomic E-state index is 11.5. The van der Waals surface area contributed by atoms with Crippen molar-refractivity contribution in [2.75, 3.05) is 24.6 Å². The fourth-order valence-corrected chi connectivity index (χ4v) is 2.45. The molecule has 0 aliphatic carbocycles. The first kappa shape index (κ1) is 16.2. The summed E-state index contributed by atoms with van der Waals surface area (Å²) in [7, 11) is -3.31. The molecule has 0 fully saturated rings. The van der Waals surface area contributed by atoms with Crippen LogP contribution in [-0.4, -0.2) is 33.2 Å². The molecule has 0 bridgehead atoms. The molecule has 1 rings (SSSR count). The smallest absolute Gasteiger partial charge is 0.244 e. The van der Waals surface area contributed by atoms with Crippen molar-refractivity contribution in [2.24, 2.45) is 0 Å². The summed E-state index contributed by atoms with van der Waals surface area (Å²) in [5.74, 6) is -0.488. The van der Waals surface area contributed by atoms with Crippen LogP contribution in [0.25, 0.3) is 6.08 Å². The van der Waals surface area contributed by atoms with Crippen LogP contribution in [0.4, 0.5) is 5.69 Å². The van der Waals surface area contributed by atoms with Gasteiger partial charge in [-0.1, -0.05) is 19.1 Å². The van der Waals surface area contributed by atoms with Gasteiger partial charge in [-0.3, -0.25) is 4.79 Å². The third kappa shape index (κ3) is 6.35. The second-order valence-corrected chi connectivity index (χ2v) is 6.04. The molecule has 7 heteroatoms. The van der Waals surface area contributed by atoms with Crippen molar-refractivity contribution in [3.05, 3.63) is 35.9 Å². The summed E-state index contributed by atoms with van der Waals surface area (Å²) in [6.07, 6.45) is 2.96. The summed E-state index contributed by atoms with van der Waals surface area (Å²) in [5.41, 5.74) is 7.03. The lowest BCUT2D eigenvalue weighted by molar-refractivity contribution is -0.116. The van der Waals surface area contributed by atoms with Crippen molar-refractivity contribution in [1.82, 2.24) is 10.0 Å². The van der Waals surface area contributed by atoms with Crippen LogP contribution in [0.3, 0.4) is 0 Å². The van der Waals surface area contributed by atoms with Crippen molar-refractivity contribution >= 4 is 27.7 Å². The lowest BCUT2D eigenvalue weighted by Crippen LogP contribution is -2.33. The van der Waals surface area contributed by atoms with Gasteiger partial charge >= 0.3 is 0 Å². The molecule has 0 saturated carbocycles. The zero-order valence-corrected chi connectivity index (χ0v) is 12.1. The zero-order valence-electron chi connectivity index (χ0n) is 11.3. The standard InChI is InChI=1S/C13H19N3O3S/c1-2-16-20(18,19)9-8-15-13(17)7-6-11-4-3-5-12(14)10-11/h3-7,10,16H,2,8-9,14H2,1H3,(H,15,17)/b7-6+. The van der Waals surface area contributed by atoms with Gasteiger partial charge in [-0.05, 0) is 23.8 Å². The van der Waals surface area contributed by atoms with E-state index in [1.807, 2.05) is 6.07 Å². The molecule has 6 nitrogen and oxygen atoms in total. The van der Waals surface area contributed by atoms with E-state index in [0.717, 1.165) is 5.56 Å². The highest BCUT2D eigenvalue weighted by Crippen LogP contribution is 2.07. The number of benzene rings is 1. The van der Waals surface area contributed by atoms with Gasteiger partial charge < -0.3 is 11.1 Å². The van der Waals surface area contributed by atoms with Crippen LogP contribution in [0.2, 0.25) is 0 Å². The van der Waals surface area contributed by atoms with Gasteiger partial charge in [0.25, 0.3) is 0 Å². The average Bonchev–Trinajstić information content (AvgIpc) is 2.36. The topological polar surface area (TPSA) is 101 Å². The van der Waals surface area contributed by atoms with E-state index in [4.69, 9.17) is 5.73 Å². The number of hydrogen-bond donors (Lipinski definition) is 3. The largest absolute Gasteiger partial charge is 0.399 e. The fourth-order valence-electron chi connectivity index (χ4n) is 1.49. The minimum atomic E-state index is -3.31. The second kappa shape index (κ2) is 7.66. The second-order valence-electron chi connectivity index (χ2n) is 4.11. The number of hydrogen-bond acceptors (Lipinski definition) is 4. The Morgan fingerprint density at radius 3 is 2.80 bits per heavy atom. The highest BCUT2D eigenvalue weighted by molar-refractivity contribution is 7.89. The van der Waals surface area contributed by atoms with Gasteiger partial charge in [0.05, 0.1) is 5.75 Å². The molecule has 1 aromatic carbocycles. The summed E-state index contributed by atoms with van der Waals surface area (Å²) in [4.78, 5) is 11.5. The predicted molar refractivity (Wildman–Crippen MR) is 80.4 cm³/mol. The lowest BCUT2D eigenvalue weighted by Gasteiger charge is -2.04. The summed E-state index contributed by atoms with van der Waals surface area (Å²) < 4.78 is 25.0. The Balaban J connectivity index is 2.41. The summed E-state index contributed by atoms with van der Waals surface area (Å²) >= 11 is 0. The fraction of sp³-hybridized carbons (Fsp3) is 0.308. The van der Waals surface area contributed by atoms with Crippen molar-refractivity contribution in [3.8, 4) is 0 Å². The van der Waals surface area contributed by atoms with Crippen molar-refractivity contribution in [1.29, 1.82) is 0 Å². The van der Waals surface area contributed by atoms with E-state index in [0.29, 0.717) is 12.2 Å². The molecule has 1 amide bonds. The number of carbonyl (C=O) groups excluding carboxylic acids is 1. The zero-order chi connectivity index (χ0) is 15.0.